The first kappa shape index (κ1) is 7.73. The maximum Gasteiger partial charge on any atom is 0.316 e. The van der Waals surface area contributed by atoms with Crippen molar-refractivity contribution in [1.82, 2.24) is 5.32 Å². The SMILES string of the molecule is [CH]1CCNCC1.[MgH2]. The van der Waals surface area contributed by atoms with Crippen LogP contribution in [0.3, 0.4) is 0 Å². The summed E-state index contributed by atoms with van der Waals surface area (Å²) in [6, 6.07) is 0. The minimum absolute atomic E-state index is 0. The van der Waals surface area contributed by atoms with Gasteiger partial charge < -0.3 is 5.32 Å². The maximum atomic E-state index is 3.25. The molecule has 1 rings (SSSR count). The first-order valence-electron chi connectivity index (χ1n) is 2.52. The fourth-order valence-corrected chi connectivity index (χ4v) is 0.678. The van der Waals surface area contributed by atoms with E-state index >= 15 is 0 Å². The summed E-state index contributed by atoms with van der Waals surface area (Å²) in [5.41, 5.74) is 0. The topological polar surface area (TPSA) is 12.0 Å². The van der Waals surface area contributed by atoms with E-state index in [1.165, 1.54) is 25.9 Å². The first-order chi connectivity index (χ1) is 3.00. The Kier molecular flexibility index (Phi) is 5.38. The Morgan fingerprint density at radius 3 is 1.86 bits per heavy atom. The van der Waals surface area contributed by atoms with Gasteiger partial charge in [-0.2, -0.15) is 0 Å². The Hall–Kier alpha value is 0.726. The summed E-state index contributed by atoms with van der Waals surface area (Å²) in [7, 11) is 0. The van der Waals surface area contributed by atoms with Crippen LogP contribution >= 0.6 is 0 Å². The van der Waals surface area contributed by atoms with Crippen LogP contribution in [0, 0.1) is 6.42 Å². The molecule has 1 fully saturated rings. The summed E-state index contributed by atoms with van der Waals surface area (Å²) in [6.07, 6.45) is 4.86. The quantitative estimate of drug-likeness (QED) is 0.421. The smallest absolute Gasteiger partial charge is 0.316 e. The van der Waals surface area contributed by atoms with E-state index in [9.17, 15) is 0 Å². The molecule has 2 heteroatoms. The van der Waals surface area contributed by atoms with Crippen molar-refractivity contribution in [2.45, 2.75) is 12.8 Å². The zero-order valence-corrected chi connectivity index (χ0v) is 3.91. The predicted molar refractivity (Wildman–Crippen MR) is 34.9 cm³/mol. The molecule has 1 aliphatic rings. The summed E-state index contributed by atoms with van der Waals surface area (Å²) in [4.78, 5) is 0. The maximum absolute atomic E-state index is 3.25. The van der Waals surface area contributed by atoms with Gasteiger partial charge in [0.25, 0.3) is 0 Å². The van der Waals surface area contributed by atoms with Crippen molar-refractivity contribution in [3.63, 3.8) is 0 Å². The second-order valence-corrected chi connectivity index (χ2v) is 1.62. The highest BCUT2D eigenvalue weighted by atomic mass is 24.3. The number of piperidine rings is 1. The van der Waals surface area contributed by atoms with Gasteiger partial charge in [0.15, 0.2) is 0 Å². The zero-order chi connectivity index (χ0) is 4.24. The lowest BCUT2D eigenvalue weighted by atomic mass is 10.2. The van der Waals surface area contributed by atoms with Crippen LogP contribution in [0.5, 0.6) is 0 Å². The average molecular weight is 110 g/mol. The second kappa shape index (κ2) is 4.87. The Morgan fingerprint density at radius 2 is 1.71 bits per heavy atom. The molecule has 39 valence electrons. The number of hydrogen-bond acceptors (Lipinski definition) is 1. The fraction of sp³-hybridized carbons (Fsp3) is 0.800. The Balaban J connectivity index is 0.000000360. The Morgan fingerprint density at radius 1 is 1.14 bits per heavy atom. The number of rotatable bonds is 0. The molecule has 0 atom stereocenters. The van der Waals surface area contributed by atoms with Crippen molar-refractivity contribution in [3.05, 3.63) is 6.42 Å². The second-order valence-electron chi connectivity index (χ2n) is 1.62. The molecule has 0 unspecified atom stereocenters. The molecule has 0 amide bonds. The zero-order valence-electron chi connectivity index (χ0n) is 3.91. The van der Waals surface area contributed by atoms with Crippen LogP contribution in [0.2, 0.25) is 0 Å². The van der Waals surface area contributed by atoms with Crippen LogP contribution in [0.25, 0.3) is 0 Å². The minimum Gasteiger partial charge on any atom is -0.317 e. The van der Waals surface area contributed by atoms with Crippen molar-refractivity contribution in [2.75, 3.05) is 13.1 Å². The first-order valence-corrected chi connectivity index (χ1v) is 2.52. The van der Waals surface area contributed by atoms with Gasteiger partial charge in [-0.15, -0.1) is 0 Å². The third-order valence-corrected chi connectivity index (χ3v) is 1.05. The van der Waals surface area contributed by atoms with Crippen LogP contribution in [-0.4, -0.2) is 36.1 Å². The fourth-order valence-electron chi connectivity index (χ4n) is 0.678. The van der Waals surface area contributed by atoms with Gasteiger partial charge in [0.05, 0.1) is 0 Å². The van der Waals surface area contributed by atoms with Crippen molar-refractivity contribution in [3.8, 4) is 0 Å². The summed E-state index contributed by atoms with van der Waals surface area (Å²) >= 11 is 0. The molecule has 0 aliphatic carbocycles. The molecule has 1 saturated heterocycles. The van der Waals surface area contributed by atoms with Gasteiger partial charge in [0.2, 0.25) is 0 Å². The molecule has 0 spiro atoms. The predicted octanol–water partition coefficient (Wildman–Crippen LogP) is -0.342. The monoisotopic (exact) mass is 110 g/mol. The standard InChI is InChI=1S/C5H10N.Mg.2H/c1-2-4-6-5-3-1;;;/h1,6H,2-5H2;;;. The van der Waals surface area contributed by atoms with Gasteiger partial charge in [-0.3, -0.25) is 0 Å². The largest absolute Gasteiger partial charge is 0.317 e. The Bertz CT molecular complexity index is 23.6. The van der Waals surface area contributed by atoms with Crippen molar-refractivity contribution in [2.24, 2.45) is 0 Å². The minimum atomic E-state index is 0. The molecular formula is C5H12MgN. The van der Waals surface area contributed by atoms with Crippen LogP contribution < -0.4 is 5.32 Å². The van der Waals surface area contributed by atoms with Gasteiger partial charge in [-0.25, -0.2) is 0 Å². The van der Waals surface area contributed by atoms with Gasteiger partial charge in [0.1, 0.15) is 0 Å². The van der Waals surface area contributed by atoms with E-state index in [0.29, 0.717) is 0 Å². The van der Waals surface area contributed by atoms with E-state index in [2.05, 4.69) is 11.7 Å². The van der Waals surface area contributed by atoms with E-state index in [0.717, 1.165) is 0 Å². The lowest BCUT2D eigenvalue weighted by Crippen LogP contribution is -2.21. The molecule has 1 aliphatic heterocycles. The molecule has 1 nitrogen and oxygen atoms in total. The normalized spacial score (nSPS) is 20.6. The van der Waals surface area contributed by atoms with Crippen LogP contribution in [0.4, 0.5) is 0 Å². The van der Waals surface area contributed by atoms with E-state index in [1.54, 1.807) is 0 Å². The highest BCUT2D eigenvalue weighted by molar-refractivity contribution is 5.75. The summed E-state index contributed by atoms with van der Waals surface area (Å²) < 4.78 is 0. The molecular weight excluding hydrogens is 98.4 g/mol. The van der Waals surface area contributed by atoms with Gasteiger partial charge in [-0.05, 0) is 32.4 Å². The molecule has 1 radical (unpaired) electrons. The van der Waals surface area contributed by atoms with Crippen molar-refractivity contribution in [1.29, 1.82) is 0 Å². The Labute approximate surface area is 61.0 Å². The van der Waals surface area contributed by atoms with Crippen LogP contribution in [0.15, 0.2) is 0 Å². The summed E-state index contributed by atoms with van der Waals surface area (Å²) in [5, 5.41) is 3.25. The third kappa shape index (κ3) is 3.32. The molecule has 7 heavy (non-hydrogen) atoms. The summed E-state index contributed by atoms with van der Waals surface area (Å²) in [6.45, 7) is 2.39. The van der Waals surface area contributed by atoms with E-state index in [-0.39, 0.29) is 23.1 Å². The molecule has 0 saturated carbocycles. The van der Waals surface area contributed by atoms with Gasteiger partial charge in [0, 0.05) is 0 Å². The van der Waals surface area contributed by atoms with E-state index in [1.807, 2.05) is 0 Å². The van der Waals surface area contributed by atoms with E-state index < -0.39 is 0 Å². The molecule has 0 aromatic heterocycles. The van der Waals surface area contributed by atoms with Crippen molar-refractivity contribution >= 4 is 23.1 Å². The summed E-state index contributed by atoms with van der Waals surface area (Å²) in [5.74, 6) is 0. The average Bonchev–Trinajstić information content (AvgIpc) is 1.72. The number of hydrogen-bond donors (Lipinski definition) is 1. The lowest BCUT2D eigenvalue weighted by molar-refractivity contribution is 0.604. The van der Waals surface area contributed by atoms with Gasteiger partial charge >= 0.3 is 23.1 Å². The van der Waals surface area contributed by atoms with Gasteiger partial charge in [-0.1, -0.05) is 0 Å². The molecule has 0 aromatic carbocycles. The lowest BCUT2D eigenvalue weighted by Gasteiger charge is -2.08. The van der Waals surface area contributed by atoms with Crippen molar-refractivity contribution < 1.29 is 0 Å². The third-order valence-electron chi connectivity index (χ3n) is 1.05. The molecule has 1 N–H and O–H groups in total. The van der Waals surface area contributed by atoms with Crippen LogP contribution in [0.1, 0.15) is 12.8 Å². The van der Waals surface area contributed by atoms with Crippen LogP contribution in [-0.2, 0) is 0 Å². The molecule has 0 bridgehead atoms. The molecule has 1 heterocycles. The number of nitrogens with one attached hydrogen (secondary N) is 1. The molecule has 0 aromatic rings. The highest BCUT2D eigenvalue weighted by Gasteiger charge is 1.94. The van der Waals surface area contributed by atoms with E-state index in [4.69, 9.17) is 0 Å². The highest BCUT2D eigenvalue weighted by Crippen LogP contribution is 1.94.